The number of benzene rings is 2. The molecule has 1 amide bonds. The minimum Gasteiger partial charge on any atom is -0.350 e. The molecule has 0 aliphatic rings. The molecule has 0 fully saturated rings. The van der Waals surface area contributed by atoms with E-state index in [1.807, 2.05) is 31.2 Å². The predicted octanol–water partition coefficient (Wildman–Crippen LogP) is 3.82. The number of hydrogen-bond donors (Lipinski definition) is 2. The highest BCUT2D eigenvalue weighted by Gasteiger charge is 2.26. The van der Waals surface area contributed by atoms with Gasteiger partial charge in [0.25, 0.3) is 11.5 Å². The van der Waals surface area contributed by atoms with Crippen molar-refractivity contribution in [2.24, 2.45) is 0 Å². The molecule has 2 heterocycles. The second-order valence-corrected chi connectivity index (χ2v) is 7.01. The molecule has 4 rings (SSSR count). The summed E-state index contributed by atoms with van der Waals surface area (Å²) in [5.74, 6) is -2.49. The van der Waals surface area contributed by atoms with Crippen LogP contribution in [0.1, 0.15) is 34.7 Å². The maximum absolute atomic E-state index is 13.8. The van der Waals surface area contributed by atoms with E-state index in [0.29, 0.717) is 5.69 Å². The average Bonchev–Trinajstić information content (AvgIpc) is 3.05. The summed E-state index contributed by atoms with van der Waals surface area (Å²) in [4.78, 5) is 29.7. The van der Waals surface area contributed by atoms with Crippen LogP contribution in [0.15, 0.2) is 41.2 Å². The minimum atomic E-state index is -1.12. The molecular formula is C21H18F2N4O2. The van der Waals surface area contributed by atoms with E-state index in [4.69, 9.17) is 0 Å². The number of carbonyl (C=O) groups is 1. The first-order valence-electron chi connectivity index (χ1n) is 9.01. The zero-order chi connectivity index (χ0) is 20.9. The average molecular weight is 396 g/mol. The number of rotatable bonds is 3. The molecule has 148 valence electrons. The zero-order valence-electron chi connectivity index (χ0n) is 16.0. The summed E-state index contributed by atoms with van der Waals surface area (Å²) in [6.07, 6.45) is 0. The van der Waals surface area contributed by atoms with Gasteiger partial charge in [0.05, 0.1) is 17.1 Å². The normalized spacial score (nSPS) is 12.4. The first-order chi connectivity index (χ1) is 13.8. The van der Waals surface area contributed by atoms with Crippen LogP contribution in [0.5, 0.6) is 0 Å². The van der Waals surface area contributed by atoms with Crippen LogP contribution in [0.25, 0.3) is 21.7 Å². The number of amides is 1. The molecule has 0 aliphatic carbocycles. The van der Waals surface area contributed by atoms with Gasteiger partial charge in [0, 0.05) is 23.3 Å². The van der Waals surface area contributed by atoms with E-state index >= 15 is 0 Å². The van der Waals surface area contributed by atoms with Crippen LogP contribution in [0.2, 0.25) is 0 Å². The number of aryl methyl sites for hydroxylation is 1. The molecule has 4 aromatic rings. The fourth-order valence-electron chi connectivity index (χ4n) is 3.53. The molecule has 0 radical (unpaired) electrons. The second-order valence-electron chi connectivity index (χ2n) is 7.01. The lowest BCUT2D eigenvalue weighted by molar-refractivity contribution is 0.0734. The van der Waals surface area contributed by atoms with E-state index in [2.05, 4.69) is 15.2 Å². The van der Waals surface area contributed by atoms with E-state index in [0.717, 1.165) is 28.6 Å². The Morgan fingerprint density at radius 3 is 2.45 bits per heavy atom. The van der Waals surface area contributed by atoms with E-state index in [-0.39, 0.29) is 22.4 Å². The van der Waals surface area contributed by atoms with Crippen molar-refractivity contribution >= 4 is 27.6 Å². The number of para-hydroxylation sites is 1. The van der Waals surface area contributed by atoms with E-state index in [1.165, 1.54) is 4.90 Å². The first kappa shape index (κ1) is 18.8. The van der Waals surface area contributed by atoms with E-state index in [1.54, 1.807) is 14.0 Å². The molecule has 1 atom stereocenters. The summed E-state index contributed by atoms with van der Waals surface area (Å²) >= 11 is 0. The molecule has 0 spiro atoms. The molecule has 0 bridgehead atoms. The van der Waals surface area contributed by atoms with Crippen LogP contribution >= 0.6 is 0 Å². The maximum Gasteiger partial charge on any atom is 0.272 e. The number of aromatic amines is 2. The predicted molar refractivity (Wildman–Crippen MR) is 106 cm³/mol. The van der Waals surface area contributed by atoms with Gasteiger partial charge in [-0.1, -0.05) is 18.2 Å². The summed E-state index contributed by atoms with van der Waals surface area (Å²) < 4.78 is 27.4. The number of halogens is 2. The third-order valence-corrected chi connectivity index (χ3v) is 5.34. The fourth-order valence-corrected chi connectivity index (χ4v) is 3.53. The van der Waals surface area contributed by atoms with Gasteiger partial charge in [0.2, 0.25) is 0 Å². The van der Waals surface area contributed by atoms with Crippen LogP contribution in [-0.2, 0) is 0 Å². The van der Waals surface area contributed by atoms with Gasteiger partial charge in [0.15, 0.2) is 11.6 Å². The van der Waals surface area contributed by atoms with Gasteiger partial charge < -0.3 is 9.88 Å². The molecule has 0 saturated heterocycles. The Bertz CT molecular complexity index is 1330. The van der Waals surface area contributed by atoms with Crippen molar-refractivity contribution in [3.63, 3.8) is 0 Å². The van der Waals surface area contributed by atoms with Gasteiger partial charge >= 0.3 is 0 Å². The van der Waals surface area contributed by atoms with Crippen LogP contribution in [-0.4, -0.2) is 33.0 Å². The van der Waals surface area contributed by atoms with Gasteiger partial charge in [-0.2, -0.15) is 5.10 Å². The number of carbonyl (C=O) groups excluding carboxylic acids is 1. The largest absolute Gasteiger partial charge is 0.350 e. The molecular weight excluding hydrogens is 378 g/mol. The fraction of sp³-hybridized carbons (Fsp3) is 0.190. The Balaban J connectivity index is 1.78. The Morgan fingerprint density at radius 2 is 1.76 bits per heavy atom. The monoisotopic (exact) mass is 396 g/mol. The molecule has 2 aromatic heterocycles. The second kappa shape index (κ2) is 6.80. The first-order valence-corrected chi connectivity index (χ1v) is 9.01. The number of nitrogens with one attached hydrogen (secondary N) is 2. The number of fused-ring (bicyclic) bond motifs is 2. The minimum absolute atomic E-state index is 0.0246. The lowest BCUT2D eigenvalue weighted by Crippen LogP contribution is -2.31. The Labute approximate surface area is 164 Å². The zero-order valence-corrected chi connectivity index (χ0v) is 16.0. The topological polar surface area (TPSA) is 81.8 Å². The number of H-pyrrole nitrogens is 2. The molecule has 8 heteroatoms. The van der Waals surface area contributed by atoms with Crippen molar-refractivity contribution in [2.75, 3.05) is 7.05 Å². The lowest BCUT2D eigenvalue weighted by atomic mass is 10.0. The lowest BCUT2D eigenvalue weighted by Gasteiger charge is -2.25. The third-order valence-electron chi connectivity index (χ3n) is 5.34. The van der Waals surface area contributed by atoms with Crippen molar-refractivity contribution in [3.8, 4) is 0 Å². The summed E-state index contributed by atoms with van der Waals surface area (Å²) in [5.41, 5.74) is 1.74. The van der Waals surface area contributed by atoms with Gasteiger partial charge in [-0.25, -0.2) is 13.9 Å². The van der Waals surface area contributed by atoms with Crippen LogP contribution in [0, 0.1) is 18.6 Å². The summed E-state index contributed by atoms with van der Waals surface area (Å²) in [6, 6.07) is 8.75. The molecule has 29 heavy (non-hydrogen) atoms. The quantitative estimate of drug-likeness (QED) is 0.552. The molecule has 0 saturated carbocycles. The SMILES string of the molecule is Cc1c(C(=O)N(C)[C@H](C)c2n[nH]c(=O)c3cc(F)c(F)cc23)[nH]c2ccccc12. The molecule has 0 unspecified atom stereocenters. The number of aromatic nitrogens is 3. The highest BCUT2D eigenvalue weighted by Crippen LogP contribution is 2.28. The van der Waals surface area contributed by atoms with Crippen molar-refractivity contribution < 1.29 is 13.6 Å². The van der Waals surface area contributed by atoms with Gasteiger partial charge in [0.1, 0.15) is 5.69 Å². The highest BCUT2D eigenvalue weighted by molar-refractivity contribution is 6.01. The third kappa shape index (κ3) is 2.97. The smallest absolute Gasteiger partial charge is 0.272 e. The van der Waals surface area contributed by atoms with Crippen molar-refractivity contribution in [2.45, 2.75) is 19.9 Å². The van der Waals surface area contributed by atoms with Crippen LogP contribution in [0.3, 0.4) is 0 Å². The molecule has 6 nitrogen and oxygen atoms in total. The number of nitrogens with zero attached hydrogens (tertiary/aromatic N) is 2. The van der Waals surface area contributed by atoms with Gasteiger partial charge in [-0.05, 0) is 37.6 Å². The highest BCUT2D eigenvalue weighted by atomic mass is 19.2. The van der Waals surface area contributed by atoms with E-state index < -0.39 is 23.2 Å². The number of hydrogen-bond acceptors (Lipinski definition) is 3. The van der Waals surface area contributed by atoms with E-state index in [9.17, 15) is 18.4 Å². The van der Waals surface area contributed by atoms with Crippen molar-refractivity contribution in [1.82, 2.24) is 20.1 Å². The standard InChI is InChI=1S/C21H18F2N4O2/c1-10-12-6-4-5-7-17(12)24-18(10)21(29)27(3)11(2)19-13-8-15(22)16(23)9-14(13)20(28)26-25-19/h4-9,11,24H,1-3H3,(H,26,28)/t11-/m1/s1. The molecule has 0 aliphatic heterocycles. The Hall–Kier alpha value is -3.55. The maximum atomic E-state index is 13.8. The summed E-state index contributed by atoms with van der Waals surface area (Å²) in [6.45, 7) is 3.56. The molecule has 2 aromatic carbocycles. The summed E-state index contributed by atoms with van der Waals surface area (Å²) in [5, 5.41) is 7.39. The van der Waals surface area contributed by atoms with Crippen LogP contribution < -0.4 is 5.56 Å². The Morgan fingerprint density at radius 1 is 1.10 bits per heavy atom. The summed E-state index contributed by atoms with van der Waals surface area (Å²) in [7, 11) is 1.59. The Kier molecular flexibility index (Phi) is 4.41. The van der Waals surface area contributed by atoms with Gasteiger partial charge in [-0.3, -0.25) is 9.59 Å². The molecule has 2 N–H and O–H groups in total. The van der Waals surface area contributed by atoms with Crippen LogP contribution in [0.4, 0.5) is 8.78 Å². The van der Waals surface area contributed by atoms with Crippen molar-refractivity contribution in [1.29, 1.82) is 0 Å². The van der Waals surface area contributed by atoms with Gasteiger partial charge in [-0.15, -0.1) is 0 Å². The van der Waals surface area contributed by atoms with Crippen molar-refractivity contribution in [3.05, 3.63) is 75.3 Å².